The fraction of sp³-hybridized carbons (Fsp3) is 0.562. The molecule has 0 fully saturated rings. The molecule has 0 unspecified atom stereocenters. The molecule has 0 bridgehead atoms. The molecule has 0 aromatic heterocycles. The summed E-state index contributed by atoms with van der Waals surface area (Å²) >= 11 is 0. The number of benzene rings is 1. The van der Waals surface area contributed by atoms with Crippen molar-refractivity contribution in [1.29, 1.82) is 0 Å². The summed E-state index contributed by atoms with van der Waals surface area (Å²) in [5.41, 5.74) is 1.23. The van der Waals surface area contributed by atoms with E-state index in [0.717, 1.165) is 25.7 Å². The van der Waals surface area contributed by atoms with Gasteiger partial charge in [0.25, 0.3) is 0 Å². The highest BCUT2D eigenvalue weighted by Gasteiger charge is 2.01. The monoisotopic (exact) mass is 248 g/mol. The van der Waals surface area contributed by atoms with Crippen molar-refractivity contribution in [2.24, 2.45) is 5.92 Å². The van der Waals surface area contributed by atoms with Gasteiger partial charge in [0, 0.05) is 13.0 Å². The van der Waals surface area contributed by atoms with E-state index in [9.17, 15) is 4.79 Å². The van der Waals surface area contributed by atoms with Crippen LogP contribution in [-0.4, -0.2) is 12.9 Å². The van der Waals surface area contributed by atoms with Gasteiger partial charge in [-0.25, -0.2) is 0 Å². The minimum atomic E-state index is 0.657. The predicted molar refractivity (Wildman–Crippen MR) is 74.4 cm³/mol. The Bertz CT molecular complexity index is 308. The molecule has 0 aliphatic carbocycles. The van der Waals surface area contributed by atoms with E-state index in [4.69, 9.17) is 4.74 Å². The number of hydrogen-bond donors (Lipinski definition) is 0. The Hall–Kier alpha value is -1.15. The minimum absolute atomic E-state index is 0.657. The van der Waals surface area contributed by atoms with Crippen molar-refractivity contribution in [2.45, 2.75) is 45.6 Å². The first-order valence-corrected chi connectivity index (χ1v) is 6.88. The van der Waals surface area contributed by atoms with Gasteiger partial charge in [0.05, 0.1) is 6.61 Å². The van der Waals surface area contributed by atoms with Gasteiger partial charge in [-0.2, -0.15) is 0 Å². The summed E-state index contributed by atoms with van der Waals surface area (Å²) in [5, 5.41) is 0. The molecule has 0 spiro atoms. The maximum atomic E-state index is 10.2. The van der Waals surface area contributed by atoms with E-state index in [1.165, 1.54) is 18.4 Å². The number of ether oxygens (including phenoxy) is 1. The molecule has 1 atom stereocenters. The lowest BCUT2D eigenvalue weighted by Crippen LogP contribution is -1.99. The summed E-state index contributed by atoms with van der Waals surface area (Å²) in [7, 11) is 0. The Morgan fingerprint density at radius 3 is 2.67 bits per heavy atom. The molecule has 1 aromatic carbocycles. The average molecular weight is 248 g/mol. The van der Waals surface area contributed by atoms with Gasteiger partial charge in [-0.05, 0) is 24.3 Å². The van der Waals surface area contributed by atoms with Gasteiger partial charge in [-0.1, -0.05) is 50.1 Å². The number of hydrogen-bond acceptors (Lipinski definition) is 2. The third-order valence-corrected chi connectivity index (χ3v) is 3.12. The molecular formula is C16H24O2. The molecule has 100 valence electrons. The Morgan fingerprint density at radius 1 is 1.17 bits per heavy atom. The van der Waals surface area contributed by atoms with E-state index < -0.39 is 0 Å². The van der Waals surface area contributed by atoms with Gasteiger partial charge in [-0.3, -0.25) is 0 Å². The number of unbranched alkanes of at least 4 members (excludes halogenated alkanes) is 1. The van der Waals surface area contributed by atoms with Gasteiger partial charge in [0.2, 0.25) is 0 Å². The van der Waals surface area contributed by atoms with Crippen LogP contribution in [0.25, 0.3) is 0 Å². The largest absolute Gasteiger partial charge is 0.377 e. The van der Waals surface area contributed by atoms with Gasteiger partial charge in [0.1, 0.15) is 6.29 Å². The number of carbonyl (C=O) groups is 1. The molecule has 0 amide bonds. The Labute approximate surface area is 110 Å². The summed E-state index contributed by atoms with van der Waals surface area (Å²) in [4.78, 5) is 10.2. The lowest BCUT2D eigenvalue weighted by Gasteiger charge is -2.09. The zero-order valence-electron chi connectivity index (χ0n) is 11.3. The van der Waals surface area contributed by atoms with Crippen molar-refractivity contribution in [3.63, 3.8) is 0 Å². The van der Waals surface area contributed by atoms with E-state index in [0.29, 0.717) is 18.9 Å². The molecule has 0 saturated heterocycles. The quantitative estimate of drug-likeness (QED) is 0.462. The highest BCUT2D eigenvalue weighted by molar-refractivity contribution is 5.49. The lowest BCUT2D eigenvalue weighted by atomic mass is 9.99. The molecule has 18 heavy (non-hydrogen) atoms. The molecule has 0 heterocycles. The molecular weight excluding hydrogens is 224 g/mol. The van der Waals surface area contributed by atoms with Gasteiger partial charge in [-0.15, -0.1) is 0 Å². The summed E-state index contributed by atoms with van der Waals surface area (Å²) in [6, 6.07) is 10.3. The first kappa shape index (κ1) is 14.9. The smallest absolute Gasteiger partial charge is 0.120 e. The van der Waals surface area contributed by atoms with Crippen LogP contribution in [0.15, 0.2) is 30.3 Å². The molecule has 0 saturated carbocycles. The van der Waals surface area contributed by atoms with Gasteiger partial charge < -0.3 is 9.53 Å². The third kappa shape index (κ3) is 7.23. The van der Waals surface area contributed by atoms with Crippen molar-refractivity contribution < 1.29 is 9.53 Å². The van der Waals surface area contributed by atoms with Gasteiger partial charge in [0.15, 0.2) is 0 Å². The van der Waals surface area contributed by atoms with Crippen LogP contribution < -0.4 is 0 Å². The third-order valence-electron chi connectivity index (χ3n) is 3.12. The van der Waals surface area contributed by atoms with Crippen molar-refractivity contribution >= 4 is 6.29 Å². The highest BCUT2D eigenvalue weighted by Crippen LogP contribution is 2.13. The summed E-state index contributed by atoms with van der Waals surface area (Å²) in [5.74, 6) is 0.657. The minimum Gasteiger partial charge on any atom is -0.377 e. The van der Waals surface area contributed by atoms with E-state index in [1.54, 1.807) is 0 Å². The summed E-state index contributed by atoms with van der Waals surface area (Å²) < 4.78 is 5.63. The van der Waals surface area contributed by atoms with Crippen molar-refractivity contribution in [3.8, 4) is 0 Å². The van der Waals surface area contributed by atoms with E-state index >= 15 is 0 Å². The molecule has 0 aliphatic rings. The maximum absolute atomic E-state index is 10.2. The summed E-state index contributed by atoms with van der Waals surface area (Å²) in [6.07, 6.45) is 6.23. The average Bonchev–Trinajstić information content (AvgIpc) is 2.41. The first-order chi connectivity index (χ1) is 8.83. The number of aldehydes is 1. The lowest BCUT2D eigenvalue weighted by molar-refractivity contribution is -0.108. The molecule has 1 rings (SSSR count). The second-order valence-electron chi connectivity index (χ2n) is 4.88. The van der Waals surface area contributed by atoms with Crippen LogP contribution in [-0.2, 0) is 16.1 Å². The van der Waals surface area contributed by atoms with Crippen molar-refractivity contribution in [1.82, 2.24) is 0 Å². The molecule has 2 heteroatoms. The van der Waals surface area contributed by atoms with Gasteiger partial charge >= 0.3 is 0 Å². The Kier molecular flexibility index (Phi) is 8.15. The zero-order chi connectivity index (χ0) is 13.1. The van der Waals surface area contributed by atoms with Crippen LogP contribution in [0.3, 0.4) is 0 Å². The van der Waals surface area contributed by atoms with E-state index in [1.807, 2.05) is 18.2 Å². The molecule has 0 radical (unpaired) electrons. The Morgan fingerprint density at radius 2 is 1.94 bits per heavy atom. The maximum Gasteiger partial charge on any atom is 0.120 e. The normalized spacial score (nSPS) is 12.3. The van der Waals surface area contributed by atoms with Crippen LogP contribution in [0, 0.1) is 5.92 Å². The fourth-order valence-corrected chi connectivity index (χ4v) is 1.96. The standard InChI is InChI=1S/C16H24O2/c1-15(9-7-12-17)8-5-6-13-18-14-16-10-3-2-4-11-16/h2-4,10-12,15H,5-9,13-14H2,1H3/t15-/m0/s1. The second kappa shape index (κ2) is 9.84. The number of rotatable bonds is 10. The van der Waals surface area contributed by atoms with Crippen LogP contribution in [0.4, 0.5) is 0 Å². The van der Waals surface area contributed by atoms with Crippen LogP contribution in [0.5, 0.6) is 0 Å². The number of carbonyl (C=O) groups excluding carboxylic acids is 1. The van der Waals surface area contributed by atoms with Crippen LogP contribution in [0.2, 0.25) is 0 Å². The first-order valence-electron chi connectivity index (χ1n) is 6.88. The van der Waals surface area contributed by atoms with Crippen molar-refractivity contribution in [3.05, 3.63) is 35.9 Å². The SMILES string of the molecule is C[C@H](CCC=O)CCCCOCc1ccccc1. The van der Waals surface area contributed by atoms with Crippen molar-refractivity contribution in [2.75, 3.05) is 6.61 Å². The van der Waals surface area contributed by atoms with Crippen LogP contribution >= 0.6 is 0 Å². The molecule has 2 nitrogen and oxygen atoms in total. The molecule has 0 aliphatic heterocycles. The molecule has 0 N–H and O–H groups in total. The second-order valence-corrected chi connectivity index (χ2v) is 4.88. The topological polar surface area (TPSA) is 26.3 Å². The predicted octanol–water partition coefficient (Wildman–Crippen LogP) is 3.99. The van der Waals surface area contributed by atoms with E-state index in [2.05, 4.69) is 19.1 Å². The summed E-state index contributed by atoms with van der Waals surface area (Å²) in [6.45, 7) is 3.76. The Balaban J connectivity index is 1.94. The molecule has 1 aromatic rings. The van der Waals surface area contributed by atoms with E-state index in [-0.39, 0.29) is 0 Å². The fourth-order valence-electron chi connectivity index (χ4n) is 1.96. The highest BCUT2D eigenvalue weighted by atomic mass is 16.5. The van der Waals surface area contributed by atoms with Crippen LogP contribution in [0.1, 0.15) is 44.6 Å². The zero-order valence-corrected chi connectivity index (χ0v) is 11.3.